The Bertz CT molecular complexity index is 221. The Morgan fingerprint density at radius 1 is 1.47 bits per heavy atom. The Morgan fingerprint density at radius 2 is 2.13 bits per heavy atom. The number of ether oxygens (including phenoxy) is 1. The number of carbonyl (C=O) groups is 1. The molecule has 0 aromatic heterocycles. The monoisotopic (exact) mass is 221 g/mol. The topological polar surface area (TPSA) is 38.3 Å². The van der Waals surface area contributed by atoms with Crippen molar-refractivity contribution in [2.75, 3.05) is 13.2 Å². The van der Waals surface area contributed by atoms with Gasteiger partial charge in [-0.15, -0.1) is 0 Å². The second kappa shape index (κ2) is 5.39. The fourth-order valence-electron chi connectivity index (χ4n) is 1.84. The van der Waals surface area contributed by atoms with Crippen molar-refractivity contribution >= 4 is 5.91 Å². The molecule has 1 aliphatic heterocycles. The van der Waals surface area contributed by atoms with Crippen LogP contribution >= 0.6 is 0 Å². The normalized spacial score (nSPS) is 27.1. The Labute approximate surface area is 88.2 Å². The third-order valence-corrected chi connectivity index (χ3v) is 2.78. The van der Waals surface area contributed by atoms with Gasteiger partial charge in [-0.05, 0) is 12.3 Å². The van der Waals surface area contributed by atoms with Gasteiger partial charge in [0.25, 0.3) is 5.91 Å². The summed E-state index contributed by atoms with van der Waals surface area (Å²) in [7, 11) is 0. The maximum atomic E-state index is 12.1. The van der Waals surface area contributed by atoms with Crippen LogP contribution in [0.1, 0.15) is 20.3 Å². The van der Waals surface area contributed by atoms with Gasteiger partial charge in [0.1, 0.15) is 0 Å². The highest BCUT2D eigenvalue weighted by Gasteiger charge is 2.31. The van der Waals surface area contributed by atoms with Crippen molar-refractivity contribution in [1.29, 1.82) is 0 Å². The molecular weight excluding hydrogens is 204 g/mol. The van der Waals surface area contributed by atoms with E-state index in [9.17, 15) is 13.6 Å². The summed E-state index contributed by atoms with van der Waals surface area (Å²) in [6.07, 6.45) is -2.32. The first-order valence-electron chi connectivity index (χ1n) is 5.18. The standard InChI is InChI=1S/C10H17F2NO2/c1-6(2)7-5-15-4-3-8(7)13-10(14)9(11)12/h6-9H,3-5H2,1-2H3,(H,13,14)/t7-,8+/m0/s1. The summed E-state index contributed by atoms with van der Waals surface area (Å²) in [6.45, 7) is 5.06. The van der Waals surface area contributed by atoms with Crippen molar-refractivity contribution in [2.45, 2.75) is 32.7 Å². The second-order valence-corrected chi connectivity index (χ2v) is 4.19. The van der Waals surface area contributed by atoms with E-state index in [0.29, 0.717) is 25.6 Å². The van der Waals surface area contributed by atoms with Crippen molar-refractivity contribution in [3.8, 4) is 0 Å². The van der Waals surface area contributed by atoms with Crippen molar-refractivity contribution in [2.24, 2.45) is 11.8 Å². The SMILES string of the molecule is CC(C)[C@@H]1COCC[C@H]1NC(=O)C(F)F. The molecule has 0 radical (unpaired) electrons. The predicted molar refractivity (Wildman–Crippen MR) is 51.7 cm³/mol. The van der Waals surface area contributed by atoms with Gasteiger partial charge >= 0.3 is 6.43 Å². The smallest absolute Gasteiger partial charge is 0.315 e. The van der Waals surface area contributed by atoms with Crippen LogP contribution < -0.4 is 5.32 Å². The van der Waals surface area contributed by atoms with Gasteiger partial charge in [-0.1, -0.05) is 13.8 Å². The third-order valence-electron chi connectivity index (χ3n) is 2.78. The summed E-state index contributed by atoms with van der Waals surface area (Å²) in [6, 6.07) is -0.180. The zero-order chi connectivity index (χ0) is 11.4. The number of rotatable bonds is 3. The zero-order valence-electron chi connectivity index (χ0n) is 9.00. The lowest BCUT2D eigenvalue weighted by molar-refractivity contribution is -0.134. The van der Waals surface area contributed by atoms with Crippen molar-refractivity contribution in [3.05, 3.63) is 0 Å². The minimum atomic E-state index is -2.93. The van der Waals surface area contributed by atoms with Gasteiger partial charge in [0.15, 0.2) is 0 Å². The number of hydrogen-bond donors (Lipinski definition) is 1. The Kier molecular flexibility index (Phi) is 4.45. The van der Waals surface area contributed by atoms with Crippen LogP contribution in [0.4, 0.5) is 8.78 Å². The Morgan fingerprint density at radius 3 is 2.67 bits per heavy atom. The molecule has 0 saturated carbocycles. The summed E-state index contributed by atoms with van der Waals surface area (Å²) in [5.41, 5.74) is 0. The zero-order valence-corrected chi connectivity index (χ0v) is 9.00. The van der Waals surface area contributed by atoms with E-state index in [2.05, 4.69) is 5.32 Å². The first-order chi connectivity index (χ1) is 7.02. The molecule has 1 aliphatic rings. The van der Waals surface area contributed by atoms with E-state index in [1.165, 1.54) is 0 Å². The van der Waals surface area contributed by atoms with E-state index >= 15 is 0 Å². The summed E-state index contributed by atoms with van der Waals surface area (Å²) < 4.78 is 29.4. The molecule has 88 valence electrons. The van der Waals surface area contributed by atoms with Gasteiger partial charge in [0.05, 0.1) is 6.61 Å². The third kappa shape index (κ3) is 3.41. The van der Waals surface area contributed by atoms with Crippen LogP contribution in [0, 0.1) is 11.8 Å². The molecule has 2 atom stereocenters. The number of halogens is 2. The fourth-order valence-corrected chi connectivity index (χ4v) is 1.84. The molecule has 3 nitrogen and oxygen atoms in total. The molecule has 0 aromatic carbocycles. The van der Waals surface area contributed by atoms with E-state index in [0.717, 1.165) is 0 Å². The predicted octanol–water partition coefficient (Wildman–Crippen LogP) is 1.43. The average molecular weight is 221 g/mol. The number of carbonyl (C=O) groups excluding carboxylic acids is 1. The molecule has 1 N–H and O–H groups in total. The van der Waals surface area contributed by atoms with Crippen LogP contribution in [0.5, 0.6) is 0 Å². The van der Waals surface area contributed by atoms with E-state index < -0.39 is 12.3 Å². The van der Waals surface area contributed by atoms with Crippen molar-refractivity contribution < 1.29 is 18.3 Å². The maximum absolute atomic E-state index is 12.1. The molecule has 0 aromatic rings. The average Bonchev–Trinajstić information content (AvgIpc) is 2.18. The minimum Gasteiger partial charge on any atom is -0.381 e. The van der Waals surface area contributed by atoms with E-state index in [1.54, 1.807) is 0 Å². The molecule has 1 amide bonds. The Hall–Kier alpha value is -0.710. The van der Waals surface area contributed by atoms with Crippen LogP contribution in [-0.2, 0) is 9.53 Å². The molecule has 0 unspecified atom stereocenters. The summed E-state index contributed by atoms with van der Waals surface area (Å²) in [5, 5.41) is 2.38. The van der Waals surface area contributed by atoms with E-state index in [4.69, 9.17) is 4.74 Å². The maximum Gasteiger partial charge on any atom is 0.315 e. The molecule has 1 rings (SSSR count). The Balaban J connectivity index is 2.53. The molecule has 0 aliphatic carbocycles. The van der Waals surface area contributed by atoms with Gasteiger partial charge in [-0.25, -0.2) is 0 Å². The molecule has 1 fully saturated rings. The molecule has 5 heteroatoms. The molecule has 0 spiro atoms. The lowest BCUT2D eigenvalue weighted by atomic mass is 9.86. The van der Waals surface area contributed by atoms with Crippen LogP contribution in [0.2, 0.25) is 0 Å². The molecule has 1 heterocycles. The van der Waals surface area contributed by atoms with Crippen LogP contribution in [-0.4, -0.2) is 31.6 Å². The number of nitrogens with one attached hydrogen (secondary N) is 1. The summed E-state index contributed by atoms with van der Waals surface area (Å²) in [5.74, 6) is -0.734. The molecule has 1 saturated heterocycles. The van der Waals surface area contributed by atoms with Crippen molar-refractivity contribution in [1.82, 2.24) is 5.32 Å². The van der Waals surface area contributed by atoms with E-state index in [1.807, 2.05) is 13.8 Å². The summed E-state index contributed by atoms with van der Waals surface area (Å²) in [4.78, 5) is 10.9. The number of amides is 1. The molecule has 15 heavy (non-hydrogen) atoms. The number of alkyl halides is 2. The highest BCUT2D eigenvalue weighted by molar-refractivity contribution is 5.79. The molecule has 0 bridgehead atoms. The lowest BCUT2D eigenvalue weighted by Gasteiger charge is -2.34. The largest absolute Gasteiger partial charge is 0.381 e. The highest BCUT2D eigenvalue weighted by Crippen LogP contribution is 2.22. The number of hydrogen-bond acceptors (Lipinski definition) is 2. The summed E-state index contributed by atoms with van der Waals surface area (Å²) >= 11 is 0. The van der Waals surface area contributed by atoms with Gasteiger partial charge in [-0.3, -0.25) is 4.79 Å². The molecular formula is C10H17F2NO2. The first kappa shape index (κ1) is 12.4. The van der Waals surface area contributed by atoms with Gasteiger partial charge < -0.3 is 10.1 Å². The lowest BCUT2D eigenvalue weighted by Crippen LogP contribution is -2.49. The van der Waals surface area contributed by atoms with E-state index in [-0.39, 0.29) is 12.0 Å². The van der Waals surface area contributed by atoms with Crippen molar-refractivity contribution in [3.63, 3.8) is 0 Å². The van der Waals surface area contributed by atoms with Gasteiger partial charge in [0.2, 0.25) is 0 Å². The minimum absolute atomic E-state index is 0.126. The van der Waals surface area contributed by atoms with Gasteiger partial charge in [-0.2, -0.15) is 8.78 Å². The quantitative estimate of drug-likeness (QED) is 0.783. The highest BCUT2D eigenvalue weighted by atomic mass is 19.3. The van der Waals surface area contributed by atoms with Gasteiger partial charge in [0, 0.05) is 18.6 Å². The fraction of sp³-hybridized carbons (Fsp3) is 0.900. The first-order valence-corrected chi connectivity index (χ1v) is 5.18. The second-order valence-electron chi connectivity index (χ2n) is 4.19. The van der Waals surface area contributed by atoms with Crippen LogP contribution in [0.25, 0.3) is 0 Å². The van der Waals surface area contributed by atoms with Crippen LogP contribution in [0.3, 0.4) is 0 Å². The van der Waals surface area contributed by atoms with Crippen LogP contribution in [0.15, 0.2) is 0 Å².